The summed E-state index contributed by atoms with van der Waals surface area (Å²) in [5, 5.41) is 0. The first kappa shape index (κ1) is 20.4. The Kier molecular flexibility index (Phi) is 7.69. The average Bonchev–Trinajstić information content (AvgIpc) is 2.51. The van der Waals surface area contributed by atoms with Gasteiger partial charge >= 0.3 is 0 Å². The molecule has 0 aliphatic heterocycles. The minimum absolute atomic E-state index is 0.0654. The largest absolute Gasteiger partial charge is 0.342 e. The molecule has 1 aromatic rings. The highest BCUT2D eigenvalue weighted by Crippen LogP contribution is 2.14. The van der Waals surface area contributed by atoms with Crippen LogP contribution in [-0.2, 0) is 10.0 Å². The molecule has 136 valence electrons. The third kappa shape index (κ3) is 6.49. The van der Waals surface area contributed by atoms with Crippen molar-refractivity contribution >= 4 is 21.6 Å². The standard InChI is InChI=1S/C17H29N3O3S/c1-5-12-24(22,23)19-15-8-6-14(7-9-15)17(21)20(4)11-10-16(18)13(2)3/h6-9,13,16,19H,5,10-12,18H2,1-4H3. The van der Waals surface area contributed by atoms with E-state index in [4.69, 9.17) is 5.73 Å². The van der Waals surface area contributed by atoms with E-state index < -0.39 is 10.0 Å². The van der Waals surface area contributed by atoms with E-state index in [1.54, 1.807) is 36.2 Å². The minimum atomic E-state index is -3.32. The molecular weight excluding hydrogens is 326 g/mol. The molecule has 7 heteroatoms. The van der Waals surface area contributed by atoms with Crippen LogP contribution in [0.3, 0.4) is 0 Å². The number of nitrogens with one attached hydrogen (secondary N) is 1. The molecule has 1 amide bonds. The second-order valence-corrected chi connectivity index (χ2v) is 8.26. The van der Waals surface area contributed by atoms with Gasteiger partial charge in [0.05, 0.1) is 5.75 Å². The van der Waals surface area contributed by atoms with Crippen LogP contribution in [-0.4, -0.2) is 44.6 Å². The Morgan fingerprint density at radius 1 is 1.25 bits per heavy atom. The SMILES string of the molecule is CCCS(=O)(=O)Nc1ccc(C(=O)N(C)CCC(N)C(C)C)cc1. The molecule has 6 nitrogen and oxygen atoms in total. The second-order valence-electron chi connectivity index (χ2n) is 6.42. The number of sulfonamides is 1. The molecule has 0 radical (unpaired) electrons. The first-order valence-electron chi connectivity index (χ1n) is 8.28. The number of benzene rings is 1. The molecule has 0 bridgehead atoms. The van der Waals surface area contributed by atoms with E-state index in [0.717, 1.165) is 6.42 Å². The van der Waals surface area contributed by atoms with Crippen LogP contribution in [0.2, 0.25) is 0 Å². The fourth-order valence-electron chi connectivity index (χ4n) is 2.18. The van der Waals surface area contributed by atoms with Gasteiger partial charge in [0.15, 0.2) is 0 Å². The Morgan fingerprint density at radius 3 is 2.33 bits per heavy atom. The van der Waals surface area contributed by atoms with Crippen molar-refractivity contribution < 1.29 is 13.2 Å². The number of amides is 1. The lowest BCUT2D eigenvalue weighted by atomic mass is 10.0. The molecule has 24 heavy (non-hydrogen) atoms. The van der Waals surface area contributed by atoms with E-state index in [9.17, 15) is 13.2 Å². The van der Waals surface area contributed by atoms with E-state index in [2.05, 4.69) is 18.6 Å². The molecule has 0 aliphatic rings. The van der Waals surface area contributed by atoms with Crippen LogP contribution in [0, 0.1) is 5.92 Å². The lowest BCUT2D eigenvalue weighted by Crippen LogP contribution is -2.34. The summed E-state index contributed by atoms with van der Waals surface area (Å²) in [4.78, 5) is 14.0. The third-order valence-electron chi connectivity index (χ3n) is 3.88. The van der Waals surface area contributed by atoms with Crippen LogP contribution < -0.4 is 10.5 Å². The Morgan fingerprint density at radius 2 is 1.83 bits per heavy atom. The zero-order valence-corrected chi connectivity index (χ0v) is 15.8. The number of nitrogens with two attached hydrogens (primary N) is 1. The maximum atomic E-state index is 12.4. The summed E-state index contributed by atoms with van der Waals surface area (Å²) in [6.07, 6.45) is 1.30. The fraction of sp³-hybridized carbons (Fsp3) is 0.588. The Labute approximate surface area is 145 Å². The van der Waals surface area contributed by atoms with Crippen molar-refractivity contribution in [3.63, 3.8) is 0 Å². The maximum absolute atomic E-state index is 12.4. The summed E-state index contributed by atoms with van der Waals surface area (Å²) in [6, 6.07) is 6.54. The monoisotopic (exact) mass is 355 g/mol. The van der Waals surface area contributed by atoms with Crippen LogP contribution in [0.25, 0.3) is 0 Å². The molecule has 0 heterocycles. The van der Waals surface area contributed by atoms with Crippen molar-refractivity contribution in [2.75, 3.05) is 24.1 Å². The normalized spacial score (nSPS) is 12.9. The minimum Gasteiger partial charge on any atom is -0.342 e. The van der Waals surface area contributed by atoms with E-state index in [1.165, 1.54) is 0 Å². The molecule has 0 saturated carbocycles. The van der Waals surface area contributed by atoms with Gasteiger partial charge < -0.3 is 10.6 Å². The predicted molar refractivity (Wildman–Crippen MR) is 98.5 cm³/mol. The highest BCUT2D eigenvalue weighted by molar-refractivity contribution is 7.92. The molecule has 0 aliphatic carbocycles. The van der Waals surface area contributed by atoms with Gasteiger partial charge in [-0.25, -0.2) is 8.42 Å². The highest BCUT2D eigenvalue weighted by Gasteiger charge is 2.15. The lowest BCUT2D eigenvalue weighted by molar-refractivity contribution is 0.0789. The van der Waals surface area contributed by atoms with E-state index in [0.29, 0.717) is 30.1 Å². The van der Waals surface area contributed by atoms with Gasteiger partial charge in [0.1, 0.15) is 0 Å². The van der Waals surface area contributed by atoms with Crippen molar-refractivity contribution in [2.45, 2.75) is 39.7 Å². The summed E-state index contributed by atoms with van der Waals surface area (Å²) in [6.45, 7) is 6.51. The summed E-state index contributed by atoms with van der Waals surface area (Å²) in [7, 11) is -1.58. The van der Waals surface area contributed by atoms with Crippen LogP contribution in [0.4, 0.5) is 5.69 Å². The lowest BCUT2D eigenvalue weighted by Gasteiger charge is -2.21. The number of rotatable bonds is 9. The number of carbonyl (C=O) groups is 1. The molecule has 1 atom stereocenters. The van der Waals surface area contributed by atoms with Crippen molar-refractivity contribution in [3.8, 4) is 0 Å². The molecule has 1 unspecified atom stereocenters. The molecule has 1 rings (SSSR count). The van der Waals surface area contributed by atoms with Gasteiger partial charge in [0, 0.05) is 30.9 Å². The summed E-state index contributed by atoms with van der Waals surface area (Å²) < 4.78 is 26.0. The first-order valence-corrected chi connectivity index (χ1v) is 9.93. The number of nitrogens with zero attached hydrogens (tertiary/aromatic N) is 1. The van der Waals surface area contributed by atoms with Gasteiger partial charge in [-0.2, -0.15) is 0 Å². The summed E-state index contributed by atoms with van der Waals surface area (Å²) >= 11 is 0. The van der Waals surface area contributed by atoms with Crippen molar-refractivity contribution in [2.24, 2.45) is 11.7 Å². The third-order valence-corrected chi connectivity index (χ3v) is 5.37. The van der Waals surface area contributed by atoms with Gasteiger partial charge in [-0.15, -0.1) is 0 Å². The number of carbonyl (C=O) groups excluding carboxylic acids is 1. The number of anilines is 1. The molecule has 0 spiro atoms. The molecule has 0 fully saturated rings. The topological polar surface area (TPSA) is 92.5 Å². The Hall–Kier alpha value is -1.60. The van der Waals surface area contributed by atoms with E-state index in [1.807, 2.05) is 6.92 Å². The Balaban J connectivity index is 2.66. The first-order chi connectivity index (χ1) is 11.2. The Bertz CT molecular complexity index is 627. The summed E-state index contributed by atoms with van der Waals surface area (Å²) in [5.74, 6) is 0.352. The van der Waals surface area contributed by atoms with Crippen molar-refractivity contribution in [1.82, 2.24) is 4.90 Å². The molecule has 3 N–H and O–H groups in total. The molecule has 0 aromatic heterocycles. The van der Waals surface area contributed by atoms with Crippen LogP contribution >= 0.6 is 0 Å². The smallest absolute Gasteiger partial charge is 0.253 e. The van der Waals surface area contributed by atoms with E-state index >= 15 is 0 Å². The number of hydrogen-bond donors (Lipinski definition) is 2. The fourth-order valence-corrected chi connectivity index (χ4v) is 3.31. The molecular formula is C17H29N3O3S. The van der Waals surface area contributed by atoms with Gasteiger partial charge in [-0.3, -0.25) is 9.52 Å². The number of hydrogen-bond acceptors (Lipinski definition) is 4. The predicted octanol–water partition coefficient (Wildman–Crippen LogP) is 2.28. The van der Waals surface area contributed by atoms with Crippen molar-refractivity contribution in [1.29, 1.82) is 0 Å². The van der Waals surface area contributed by atoms with E-state index in [-0.39, 0.29) is 17.7 Å². The van der Waals surface area contributed by atoms with Crippen LogP contribution in [0.15, 0.2) is 24.3 Å². The quantitative estimate of drug-likeness (QED) is 0.711. The zero-order valence-electron chi connectivity index (χ0n) is 15.0. The van der Waals surface area contributed by atoms with Crippen LogP contribution in [0.1, 0.15) is 44.0 Å². The molecule has 0 saturated heterocycles. The molecule has 1 aromatic carbocycles. The second kappa shape index (κ2) is 9.03. The van der Waals surface area contributed by atoms with Crippen molar-refractivity contribution in [3.05, 3.63) is 29.8 Å². The van der Waals surface area contributed by atoms with Crippen LogP contribution in [0.5, 0.6) is 0 Å². The maximum Gasteiger partial charge on any atom is 0.253 e. The zero-order chi connectivity index (χ0) is 18.3. The average molecular weight is 356 g/mol. The van der Waals surface area contributed by atoms with Gasteiger partial charge in [0.25, 0.3) is 5.91 Å². The highest BCUT2D eigenvalue weighted by atomic mass is 32.2. The van der Waals surface area contributed by atoms with Gasteiger partial charge in [0.2, 0.25) is 10.0 Å². The van der Waals surface area contributed by atoms with Gasteiger partial charge in [-0.1, -0.05) is 20.8 Å². The van der Waals surface area contributed by atoms with Gasteiger partial charge in [-0.05, 0) is 43.0 Å². The summed E-state index contributed by atoms with van der Waals surface area (Å²) in [5.41, 5.74) is 6.99.